The van der Waals surface area contributed by atoms with Crippen molar-refractivity contribution in [2.75, 3.05) is 65.9 Å². The van der Waals surface area contributed by atoms with Crippen LogP contribution in [0.1, 0.15) is 110 Å². The first-order chi connectivity index (χ1) is 50.7. The molecule has 0 aliphatic carbocycles. The Morgan fingerprint density at radius 1 is 0.804 bits per heavy atom. The lowest BCUT2D eigenvalue weighted by Gasteiger charge is -2.37. The molecule has 36 nitrogen and oxygen atoms in total. The highest BCUT2D eigenvalue weighted by Crippen LogP contribution is 2.67. The molecule has 4 aliphatic rings. The number of nitrogens with zero attached hydrogens (tertiary/aromatic N) is 3. The van der Waals surface area contributed by atoms with Crippen molar-refractivity contribution in [3.8, 4) is 58.1 Å². The van der Waals surface area contributed by atoms with Crippen LogP contribution in [-0.2, 0) is 91.7 Å². The topological polar surface area (TPSA) is 532 Å². The number of allylic oxidation sites excluding steroid dienone is 1. The molecule has 4 aliphatic heterocycles. The van der Waals surface area contributed by atoms with Gasteiger partial charge in [0.15, 0.2) is 5.60 Å². The molecule has 5 amide bonds. The number of imide groups is 1. The van der Waals surface area contributed by atoms with E-state index in [2.05, 4.69) is 41.7 Å². The van der Waals surface area contributed by atoms with Crippen LogP contribution in [0.2, 0.25) is 15.1 Å². The van der Waals surface area contributed by atoms with E-state index in [9.17, 15) is 80.7 Å². The molecule has 1 saturated heterocycles. The number of phosphoric ester groups is 1. The SMILES string of the molecule is N#C/C=C/O[C@@H]1CC(n2cc(C#CCCNC(=O)OCCO/C=C(\C#N)CCOCCOCCNC(=O)CCCCCNC(=O)c3cc(Cl)c4c(c3Cl)C3(OC4=O)c4cc(Cl)c(O)cc4Oc4cc(O)c(-c5ccccc5S(=O)(=O)O)cc43)c3c2CC(=O)NC3=O)O[C@@H]1COP(=O)(O)OP(=O)(O)OP(=O)(O)O. The van der Waals surface area contributed by atoms with Crippen LogP contribution in [0.25, 0.3) is 11.1 Å². The fourth-order valence-electron chi connectivity index (χ4n) is 11.4. The number of aromatic hydroxyl groups is 2. The van der Waals surface area contributed by atoms with E-state index in [4.69, 9.17) is 92.3 Å². The average molecular weight is 1630 g/mol. The predicted octanol–water partition coefficient (Wildman–Crippen LogP) is 7.63. The molecule has 5 aromatic rings. The van der Waals surface area contributed by atoms with Crippen molar-refractivity contribution in [3.63, 3.8) is 0 Å². The number of hydrogen-bond donors (Lipinski definition) is 11. The normalized spacial score (nSPS) is 18.3. The summed E-state index contributed by atoms with van der Waals surface area (Å²) < 4.78 is 129. The van der Waals surface area contributed by atoms with E-state index in [0.29, 0.717) is 19.3 Å². The number of carbonyl (C=O) groups excluding carboxylic acids is 6. The maximum absolute atomic E-state index is 14.0. The van der Waals surface area contributed by atoms with E-state index in [0.717, 1.165) is 30.5 Å². The van der Waals surface area contributed by atoms with Gasteiger partial charge in [0, 0.05) is 97.2 Å². The van der Waals surface area contributed by atoms with Gasteiger partial charge in [0.25, 0.3) is 21.9 Å². The number of halogens is 3. The van der Waals surface area contributed by atoms with Crippen LogP contribution in [0, 0.1) is 34.5 Å². The number of phosphoric acid groups is 3. The summed E-state index contributed by atoms with van der Waals surface area (Å²) in [6, 6.07) is 14.9. The second-order valence-corrected chi connectivity index (χ2v) is 30.1. The minimum atomic E-state index is -5.85. The van der Waals surface area contributed by atoms with Crippen LogP contribution >= 0.6 is 58.3 Å². The molecular weight excluding hydrogens is 1560 g/mol. The highest BCUT2D eigenvalue weighted by atomic mass is 35.5. The fourth-order valence-corrected chi connectivity index (χ4v) is 15.9. The number of benzene rings is 4. The van der Waals surface area contributed by atoms with Gasteiger partial charge in [0.05, 0.1) is 113 Å². The summed E-state index contributed by atoms with van der Waals surface area (Å²) in [5.74, 6) is 0.994. The number of hydrogen-bond acceptors (Lipinski definition) is 26. The molecule has 1 fully saturated rings. The molecule has 5 heterocycles. The number of phenols is 2. The van der Waals surface area contributed by atoms with Crippen LogP contribution in [0.5, 0.6) is 23.0 Å². The summed E-state index contributed by atoms with van der Waals surface area (Å²) in [5.41, 5.74) is -2.55. The number of nitrogens with one attached hydrogen (secondary N) is 4. The highest BCUT2D eigenvalue weighted by molar-refractivity contribution is 7.86. The van der Waals surface area contributed by atoms with Crippen LogP contribution in [0.4, 0.5) is 4.79 Å². The van der Waals surface area contributed by atoms with Gasteiger partial charge in [-0.2, -0.15) is 27.6 Å². The monoisotopic (exact) mass is 1620 g/mol. The number of phenolic OH excluding ortho intramolecular Hbond substituents is 2. The molecule has 9 rings (SSSR count). The van der Waals surface area contributed by atoms with Gasteiger partial charge < -0.3 is 88.2 Å². The molecule has 1 spiro atoms. The van der Waals surface area contributed by atoms with Gasteiger partial charge in [-0.25, -0.2) is 23.3 Å². The van der Waals surface area contributed by atoms with Gasteiger partial charge >= 0.3 is 35.5 Å². The number of ether oxygens (including phenoxy) is 8. The molecule has 0 bridgehead atoms. The van der Waals surface area contributed by atoms with E-state index in [1.807, 2.05) is 6.07 Å². The standard InChI is InChI=1S/C64H63Cl3N7O29P3S/c65-43-27-42-49(30-47(43)76)99-48-29-46(75)39(38-10-3-4-11-52(38)107(90,91)92)25-41(48)64(42)58-57(62(81)101-64)44(66)26-40(59(58)67)60(79)71-15-6-1-2-12-53(77)70-17-20-94-22-21-93-19-13-36(32-69)34-95-23-24-97-63(82)72-16-7-5-9-37-33-74(45-28-54(78)73-61(80)56(37)45)55-31-50(96-18-8-14-68)51(100-55)35-98-105(86,87)103-106(88,89)102-104(83,84)85/h3-4,8,10-11,18,25-27,29-30,33-34,50-51,55,75-76H,1-2,6-7,12-13,15-17,19-24,28,31,35H2,(H,70,77)(H,71,79)(H,72,82)(H,86,87)(H,88,89)(H,73,78,80)(H2,83,84,85)(H,90,91,92)/b18-8+,36-34-/t50-,51-,55?,64?/m1/s1. The average Bonchev–Trinajstić information content (AvgIpc) is 1.55. The summed E-state index contributed by atoms with van der Waals surface area (Å²) in [7, 11) is -22.0. The first kappa shape index (κ1) is 82.1. The van der Waals surface area contributed by atoms with Gasteiger partial charge in [0.2, 0.25) is 11.8 Å². The first-order valence-electron chi connectivity index (χ1n) is 31.7. The summed E-state index contributed by atoms with van der Waals surface area (Å²) >= 11 is 20.3. The molecular formula is C64H63Cl3N7O29P3S. The van der Waals surface area contributed by atoms with Crippen LogP contribution in [0.3, 0.4) is 0 Å². The first-order valence-corrected chi connectivity index (χ1v) is 38.8. The highest BCUT2D eigenvalue weighted by Gasteiger charge is 2.57. The zero-order valence-electron chi connectivity index (χ0n) is 55.3. The molecule has 11 N–H and O–H groups in total. The van der Waals surface area contributed by atoms with E-state index < -0.39 is 110 Å². The van der Waals surface area contributed by atoms with Crippen molar-refractivity contribution in [3.05, 3.63) is 145 Å². The maximum atomic E-state index is 14.0. The molecule has 0 radical (unpaired) electrons. The number of fused-ring (bicyclic) bond motifs is 7. The molecule has 4 unspecified atom stereocenters. The van der Waals surface area contributed by atoms with Crippen molar-refractivity contribution < 1.29 is 136 Å². The molecule has 4 aromatic carbocycles. The number of esters is 1. The second kappa shape index (κ2) is 35.9. The smallest absolute Gasteiger partial charge is 0.490 e. The number of alkyl carbamates (subject to hydrolysis) is 1. The van der Waals surface area contributed by atoms with Gasteiger partial charge in [0.1, 0.15) is 59.5 Å². The Balaban J connectivity index is 0.644. The molecule has 1 aromatic heterocycles. The predicted molar refractivity (Wildman–Crippen MR) is 367 cm³/mol. The van der Waals surface area contributed by atoms with Crippen molar-refractivity contribution in [2.24, 2.45) is 0 Å². The third-order valence-corrected chi connectivity index (χ3v) is 21.6. The van der Waals surface area contributed by atoms with Crippen molar-refractivity contribution >= 4 is 104 Å². The zero-order valence-corrected chi connectivity index (χ0v) is 61.1. The lowest BCUT2D eigenvalue weighted by atomic mass is 9.76. The number of aromatic nitrogens is 1. The Bertz CT molecular complexity index is 4820. The Kier molecular flexibility index (Phi) is 27.5. The molecule has 0 saturated carbocycles. The van der Waals surface area contributed by atoms with Crippen LogP contribution in [-0.4, -0.2) is 161 Å². The Labute approximate surface area is 622 Å². The van der Waals surface area contributed by atoms with Crippen molar-refractivity contribution in [1.82, 2.24) is 25.8 Å². The Morgan fingerprint density at radius 2 is 1.53 bits per heavy atom. The molecule has 6 atom stereocenters. The van der Waals surface area contributed by atoms with E-state index in [-0.39, 0.29) is 185 Å². The lowest BCUT2D eigenvalue weighted by molar-refractivity contribution is -0.121. The molecule has 43 heteroatoms. The van der Waals surface area contributed by atoms with E-state index in [1.54, 1.807) is 6.07 Å². The maximum Gasteiger partial charge on any atom is 0.490 e. The number of carbonyl (C=O) groups is 6. The fraction of sp³-hybridized carbons (Fsp3) is 0.344. The third-order valence-electron chi connectivity index (χ3n) is 15.9. The Hall–Kier alpha value is -8.93. The molecule has 107 heavy (non-hydrogen) atoms. The van der Waals surface area contributed by atoms with Crippen LogP contribution in [0.15, 0.2) is 89.9 Å². The van der Waals surface area contributed by atoms with E-state index in [1.165, 1.54) is 53.4 Å². The summed E-state index contributed by atoms with van der Waals surface area (Å²) in [4.78, 5) is 115. The zero-order chi connectivity index (χ0) is 77.6. The Morgan fingerprint density at radius 3 is 2.26 bits per heavy atom. The number of rotatable bonds is 34. The van der Waals surface area contributed by atoms with Crippen molar-refractivity contribution in [1.29, 1.82) is 10.5 Å². The number of nitriles is 2. The van der Waals surface area contributed by atoms with Crippen LogP contribution < -0.4 is 26.0 Å². The number of unbranched alkanes of at least 4 members (excludes halogenated alkanes) is 2. The molecule has 570 valence electrons. The van der Waals surface area contributed by atoms with Gasteiger partial charge in [-0.1, -0.05) is 71.3 Å². The van der Waals surface area contributed by atoms with E-state index >= 15 is 0 Å². The minimum absolute atomic E-state index is 0.00365. The minimum Gasteiger partial charge on any atom is -0.507 e. The third kappa shape index (κ3) is 20.9. The van der Waals surface area contributed by atoms with Crippen molar-refractivity contribution in [2.45, 2.75) is 80.3 Å². The summed E-state index contributed by atoms with van der Waals surface area (Å²) in [5, 5.41) is 49.9. The summed E-state index contributed by atoms with van der Waals surface area (Å²) in [6.07, 6.45) is 1.46. The lowest BCUT2D eigenvalue weighted by Crippen LogP contribution is -2.38. The van der Waals surface area contributed by atoms with Gasteiger partial charge in [-0.05, 0) is 37.1 Å². The largest absolute Gasteiger partial charge is 0.507 e. The quantitative estimate of drug-likeness (QED) is 0.00275. The summed E-state index contributed by atoms with van der Waals surface area (Å²) in [6.45, 7) is -0.294. The van der Waals surface area contributed by atoms with Gasteiger partial charge in [-0.3, -0.25) is 33.6 Å². The van der Waals surface area contributed by atoms with Gasteiger partial charge in [-0.15, -0.1) is 0 Å². The number of amides is 5. The second-order valence-electron chi connectivity index (χ2n) is 23.1.